The monoisotopic (exact) mass is 348 g/mol. The Balaban J connectivity index is 1.42. The lowest BCUT2D eigenvalue weighted by Crippen LogP contribution is -2.49. The van der Waals surface area contributed by atoms with Gasteiger partial charge >= 0.3 is 6.03 Å². The van der Waals surface area contributed by atoms with E-state index in [0.717, 1.165) is 19.4 Å². The Morgan fingerprint density at radius 2 is 2.24 bits per heavy atom. The topological polar surface area (TPSA) is 74.9 Å². The molecule has 3 aliphatic rings. The molecule has 1 saturated heterocycles. The molecule has 0 radical (unpaired) electrons. The maximum absolute atomic E-state index is 12.9. The number of likely N-dealkylation sites (tertiary alicyclic amines) is 1. The van der Waals surface area contributed by atoms with Crippen molar-refractivity contribution >= 4 is 6.03 Å². The van der Waals surface area contributed by atoms with Crippen molar-refractivity contribution in [1.82, 2.24) is 10.2 Å². The van der Waals surface area contributed by atoms with Crippen molar-refractivity contribution in [1.29, 1.82) is 0 Å². The summed E-state index contributed by atoms with van der Waals surface area (Å²) in [7, 11) is 0. The number of furan rings is 1. The van der Waals surface area contributed by atoms with E-state index in [9.17, 15) is 9.90 Å². The van der Waals surface area contributed by atoms with Crippen LogP contribution in [0.2, 0.25) is 0 Å². The van der Waals surface area contributed by atoms with Gasteiger partial charge in [-0.15, -0.1) is 0 Å². The van der Waals surface area contributed by atoms with Gasteiger partial charge in [0.15, 0.2) is 0 Å². The van der Waals surface area contributed by atoms with Gasteiger partial charge in [-0.1, -0.05) is 13.8 Å². The van der Waals surface area contributed by atoms with Crippen LogP contribution in [-0.4, -0.2) is 47.9 Å². The molecule has 1 aromatic heterocycles. The first-order valence-corrected chi connectivity index (χ1v) is 9.41. The van der Waals surface area contributed by atoms with Gasteiger partial charge in [0.05, 0.1) is 25.0 Å². The van der Waals surface area contributed by atoms with E-state index in [1.165, 1.54) is 0 Å². The molecule has 2 aliphatic carbocycles. The summed E-state index contributed by atoms with van der Waals surface area (Å²) in [4.78, 5) is 14.8. The van der Waals surface area contributed by atoms with Crippen molar-refractivity contribution in [2.75, 3.05) is 19.8 Å². The number of nitrogens with zero attached hydrogens (tertiary/aromatic N) is 1. The molecule has 3 fully saturated rings. The van der Waals surface area contributed by atoms with Gasteiger partial charge in [0, 0.05) is 13.2 Å². The van der Waals surface area contributed by atoms with Crippen LogP contribution in [0, 0.1) is 23.7 Å². The van der Waals surface area contributed by atoms with Gasteiger partial charge in [-0.2, -0.15) is 0 Å². The van der Waals surface area contributed by atoms with Crippen LogP contribution in [0.25, 0.3) is 0 Å². The van der Waals surface area contributed by atoms with Crippen molar-refractivity contribution < 1.29 is 19.1 Å². The van der Waals surface area contributed by atoms with E-state index < -0.39 is 0 Å². The third-order valence-corrected chi connectivity index (χ3v) is 6.03. The quantitative estimate of drug-likeness (QED) is 0.828. The van der Waals surface area contributed by atoms with Gasteiger partial charge in [-0.3, -0.25) is 0 Å². The Morgan fingerprint density at radius 1 is 1.40 bits per heavy atom. The maximum atomic E-state index is 12.9. The zero-order valence-corrected chi connectivity index (χ0v) is 14.9. The van der Waals surface area contributed by atoms with Crippen molar-refractivity contribution in [3.05, 3.63) is 24.2 Å². The highest BCUT2D eigenvalue weighted by Gasteiger charge is 2.60. The molecule has 0 unspecified atom stereocenters. The number of aliphatic hydroxyl groups excluding tert-OH is 1. The van der Waals surface area contributed by atoms with Gasteiger partial charge in [0.1, 0.15) is 11.8 Å². The first kappa shape index (κ1) is 16.9. The van der Waals surface area contributed by atoms with Gasteiger partial charge in [0.2, 0.25) is 0 Å². The number of fused-ring (bicyclic) bond motifs is 1. The molecule has 6 nitrogen and oxygen atoms in total. The maximum Gasteiger partial charge on any atom is 0.318 e. The number of aliphatic hydroxyl groups is 1. The normalized spacial score (nSPS) is 34.1. The predicted octanol–water partition coefficient (Wildman–Crippen LogP) is 2.40. The summed E-state index contributed by atoms with van der Waals surface area (Å²) < 4.78 is 11.2. The Hall–Kier alpha value is -1.53. The molecule has 2 amide bonds. The molecule has 138 valence electrons. The Bertz CT molecular complexity index is 601. The molecule has 2 heterocycles. The highest BCUT2D eigenvalue weighted by atomic mass is 16.5. The van der Waals surface area contributed by atoms with E-state index in [0.29, 0.717) is 42.6 Å². The number of carbonyl (C=O) groups excluding carboxylic acids is 1. The first-order valence-electron chi connectivity index (χ1n) is 9.41. The molecule has 2 N–H and O–H groups in total. The number of hydrogen-bond acceptors (Lipinski definition) is 4. The summed E-state index contributed by atoms with van der Waals surface area (Å²) in [6, 6.07) is 3.23. The highest BCUT2D eigenvalue weighted by molar-refractivity contribution is 5.76. The average molecular weight is 348 g/mol. The number of hydrogen-bond donors (Lipinski definition) is 2. The molecule has 0 aromatic carbocycles. The number of ether oxygens (including phenoxy) is 1. The molecule has 2 bridgehead atoms. The summed E-state index contributed by atoms with van der Waals surface area (Å²) in [6.45, 7) is 5.97. The number of amides is 2. The van der Waals surface area contributed by atoms with Crippen LogP contribution in [0.3, 0.4) is 0 Å². The second-order valence-corrected chi connectivity index (χ2v) is 8.24. The van der Waals surface area contributed by atoms with Crippen LogP contribution in [-0.2, 0) is 4.74 Å². The Labute approximate surface area is 148 Å². The zero-order chi connectivity index (χ0) is 17.6. The van der Waals surface area contributed by atoms with Gasteiger partial charge in [-0.25, -0.2) is 4.79 Å². The van der Waals surface area contributed by atoms with Crippen molar-refractivity contribution in [3.8, 4) is 0 Å². The number of nitrogens with one attached hydrogen (secondary N) is 1. The minimum atomic E-state index is -0.367. The molecule has 1 aromatic rings. The minimum Gasteiger partial charge on any atom is -0.467 e. The molecule has 4 rings (SSSR count). The van der Waals surface area contributed by atoms with Gasteiger partial charge in [0.25, 0.3) is 0 Å². The fraction of sp³-hybridized carbons (Fsp3) is 0.737. The van der Waals surface area contributed by atoms with E-state index in [1.54, 1.807) is 6.26 Å². The number of rotatable bonds is 6. The SMILES string of the molecule is CC(C)COC[C@H](NC(=O)N1C[C@@H]2C[C@H]3C[C@H]2[C@@H]1[C@H]3O)c1ccco1. The molecule has 1 aliphatic heterocycles. The summed E-state index contributed by atoms with van der Waals surface area (Å²) in [5.74, 6) is 2.55. The lowest BCUT2D eigenvalue weighted by atomic mass is 9.88. The molecular formula is C19H28N2O4. The molecule has 6 heteroatoms. The van der Waals surface area contributed by atoms with E-state index in [4.69, 9.17) is 9.15 Å². The van der Waals surface area contributed by atoms with E-state index in [-0.39, 0.29) is 24.2 Å². The molecular weight excluding hydrogens is 320 g/mol. The van der Waals surface area contributed by atoms with Crippen molar-refractivity contribution in [2.45, 2.75) is 44.9 Å². The Kier molecular flexibility index (Phi) is 4.50. The summed E-state index contributed by atoms with van der Waals surface area (Å²) in [6.07, 6.45) is 3.37. The first-order chi connectivity index (χ1) is 12.0. The second kappa shape index (κ2) is 6.65. The number of carbonyl (C=O) groups is 1. The van der Waals surface area contributed by atoms with Crippen LogP contribution in [0.15, 0.2) is 22.8 Å². The largest absolute Gasteiger partial charge is 0.467 e. The Morgan fingerprint density at radius 3 is 2.92 bits per heavy atom. The smallest absolute Gasteiger partial charge is 0.318 e. The van der Waals surface area contributed by atoms with E-state index >= 15 is 0 Å². The van der Waals surface area contributed by atoms with Crippen LogP contribution < -0.4 is 5.32 Å². The average Bonchev–Trinajstić information content (AvgIpc) is 3.29. The van der Waals surface area contributed by atoms with E-state index in [2.05, 4.69) is 19.2 Å². The molecule has 6 atom stereocenters. The molecule has 25 heavy (non-hydrogen) atoms. The van der Waals surface area contributed by atoms with Gasteiger partial charge in [-0.05, 0) is 48.6 Å². The third-order valence-electron chi connectivity index (χ3n) is 6.03. The van der Waals surface area contributed by atoms with Gasteiger partial charge < -0.3 is 24.5 Å². The predicted molar refractivity (Wildman–Crippen MR) is 91.8 cm³/mol. The fourth-order valence-corrected chi connectivity index (χ4v) is 4.99. The lowest BCUT2D eigenvalue weighted by Gasteiger charge is -2.30. The molecule has 2 saturated carbocycles. The highest BCUT2D eigenvalue weighted by Crippen LogP contribution is 2.54. The lowest BCUT2D eigenvalue weighted by molar-refractivity contribution is 0.0567. The second-order valence-electron chi connectivity index (χ2n) is 8.24. The summed E-state index contributed by atoms with van der Waals surface area (Å²) in [5, 5.41) is 13.5. The standard InChI is InChI=1S/C19H28N2O4/c1-11(2)9-24-10-15(16-4-3-5-25-16)20-19(23)21-8-13-6-12-7-14(13)17(21)18(12)22/h3-5,11-15,17-18,22H,6-10H2,1-2H3,(H,20,23)/t12-,13-,14+,15-,17+,18-/m0/s1. The number of urea groups is 1. The van der Waals surface area contributed by atoms with Crippen molar-refractivity contribution in [3.63, 3.8) is 0 Å². The molecule has 0 spiro atoms. The summed E-state index contributed by atoms with van der Waals surface area (Å²) in [5.41, 5.74) is 0. The zero-order valence-electron chi connectivity index (χ0n) is 14.9. The fourth-order valence-electron chi connectivity index (χ4n) is 4.99. The van der Waals surface area contributed by atoms with Crippen LogP contribution >= 0.6 is 0 Å². The van der Waals surface area contributed by atoms with Crippen LogP contribution in [0.1, 0.15) is 38.5 Å². The third kappa shape index (κ3) is 3.06. The van der Waals surface area contributed by atoms with Crippen LogP contribution in [0.5, 0.6) is 0 Å². The summed E-state index contributed by atoms with van der Waals surface area (Å²) >= 11 is 0. The van der Waals surface area contributed by atoms with E-state index in [1.807, 2.05) is 17.0 Å². The van der Waals surface area contributed by atoms with Crippen LogP contribution in [0.4, 0.5) is 4.79 Å². The minimum absolute atomic E-state index is 0.0161. The van der Waals surface area contributed by atoms with Crippen molar-refractivity contribution in [2.24, 2.45) is 23.7 Å².